The first kappa shape index (κ1) is 21.6. The highest BCUT2D eigenvalue weighted by atomic mass is 32.2. The van der Waals surface area contributed by atoms with Crippen LogP contribution in [0.2, 0.25) is 0 Å². The first-order valence-electron chi connectivity index (χ1n) is 8.54. The molecule has 148 valence electrons. The van der Waals surface area contributed by atoms with Gasteiger partial charge in [0.15, 0.2) is 0 Å². The van der Waals surface area contributed by atoms with Crippen LogP contribution in [0.25, 0.3) is 0 Å². The Morgan fingerprint density at radius 3 is 1.26 bits per heavy atom. The molecular formula is C19H26N2O4S2. The van der Waals surface area contributed by atoms with E-state index in [1.165, 1.54) is 0 Å². The number of aryl methyl sites for hydroxylation is 2. The fourth-order valence-corrected chi connectivity index (χ4v) is 4.73. The molecule has 2 N–H and O–H groups in total. The number of hydrogen-bond donors (Lipinski definition) is 2. The molecule has 0 aliphatic carbocycles. The molecule has 0 saturated heterocycles. The van der Waals surface area contributed by atoms with Crippen molar-refractivity contribution in [3.05, 3.63) is 59.7 Å². The van der Waals surface area contributed by atoms with Gasteiger partial charge in [-0.15, -0.1) is 0 Å². The summed E-state index contributed by atoms with van der Waals surface area (Å²) in [6.07, 6.45) is 0. The third-order valence-corrected chi connectivity index (χ3v) is 6.98. The quantitative estimate of drug-likeness (QED) is 0.700. The molecule has 0 aromatic heterocycles. The largest absolute Gasteiger partial charge is 0.240 e. The monoisotopic (exact) mass is 410 g/mol. The highest BCUT2D eigenvalue weighted by Crippen LogP contribution is 2.17. The lowest BCUT2D eigenvalue weighted by Gasteiger charge is -2.25. The minimum Gasteiger partial charge on any atom is -0.211 e. The summed E-state index contributed by atoms with van der Waals surface area (Å²) in [6, 6.07) is 13.1. The molecule has 27 heavy (non-hydrogen) atoms. The van der Waals surface area contributed by atoms with Crippen molar-refractivity contribution in [3.63, 3.8) is 0 Å². The van der Waals surface area contributed by atoms with E-state index in [-0.39, 0.29) is 22.9 Å². The summed E-state index contributed by atoms with van der Waals surface area (Å²) in [7, 11) is -7.30. The van der Waals surface area contributed by atoms with Gasteiger partial charge in [-0.05, 0) is 43.5 Å². The molecular weight excluding hydrogens is 384 g/mol. The van der Waals surface area contributed by atoms with Crippen LogP contribution in [0.1, 0.15) is 25.0 Å². The summed E-state index contributed by atoms with van der Waals surface area (Å²) in [4.78, 5) is 0.369. The van der Waals surface area contributed by atoms with Crippen LogP contribution < -0.4 is 9.44 Å². The molecule has 0 radical (unpaired) electrons. The van der Waals surface area contributed by atoms with Crippen LogP contribution in [0, 0.1) is 19.3 Å². The number of rotatable bonds is 8. The van der Waals surface area contributed by atoms with E-state index in [0.717, 1.165) is 11.1 Å². The van der Waals surface area contributed by atoms with Crippen molar-refractivity contribution in [2.24, 2.45) is 5.41 Å². The molecule has 0 aliphatic rings. The first-order chi connectivity index (χ1) is 12.4. The van der Waals surface area contributed by atoms with Gasteiger partial charge < -0.3 is 0 Å². The van der Waals surface area contributed by atoms with Gasteiger partial charge in [-0.25, -0.2) is 26.3 Å². The molecule has 2 aromatic carbocycles. The van der Waals surface area contributed by atoms with Crippen molar-refractivity contribution in [1.82, 2.24) is 9.44 Å². The molecule has 2 rings (SSSR count). The average molecular weight is 411 g/mol. The Morgan fingerprint density at radius 2 is 0.963 bits per heavy atom. The number of hydrogen-bond acceptors (Lipinski definition) is 4. The van der Waals surface area contributed by atoms with Gasteiger partial charge >= 0.3 is 0 Å². The van der Waals surface area contributed by atoms with E-state index < -0.39 is 25.5 Å². The van der Waals surface area contributed by atoms with Crippen molar-refractivity contribution >= 4 is 20.0 Å². The lowest BCUT2D eigenvalue weighted by molar-refractivity contribution is 0.361. The standard InChI is InChI=1S/C19H26N2O4S2/c1-15-5-9-17(10-6-15)26(22,23)20-13-19(3,4)14-21-27(24,25)18-11-7-16(2)8-12-18/h5-12,20-21H,13-14H2,1-4H3. The maximum absolute atomic E-state index is 12.4. The molecule has 0 heterocycles. The third-order valence-electron chi connectivity index (χ3n) is 4.14. The van der Waals surface area contributed by atoms with Gasteiger partial charge in [0.05, 0.1) is 9.79 Å². The Kier molecular flexibility index (Phi) is 6.47. The first-order valence-corrected chi connectivity index (χ1v) is 11.5. The van der Waals surface area contributed by atoms with E-state index in [1.54, 1.807) is 62.4 Å². The van der Waals surface area contributed by atoms with Gasteiger partial charge in [0.25, 0.3) is 0 Å². The Morgan fingerprint density at radius 1 is 0.667 bits per heavy atom. The Labute approximate surface area is 162 Å². The van der Waals surface area contributed by atoms with Crippen LogP contribution in [0.3, 0.4) is 0 Å². The molecule has 0 unspecified atom stereocenters. The fourth-order valence-electron chi connectivity index (χ4n) is 2.24. The fraction of sp³-hybridized carbons (Fsp3) is 0.368. The Bertz CT molecular complexity index is 898. The van der Waals surface area contributed by atoms with Crippen molar-refractivity contribution in [1.29, 1.82) is 0 Å². The summed E-state index contributed by atoms with van der Waals surface area (Å²) in [5.74, 6) is 0. The average Bonchev–Trinajstić information content (AvgIpc) is 2.60. The third kappa shape index (κ3) is 6.14. The lowest BCUT2D eigenvalue weighted by Crippen LogP contribution is -2.42. The second kappa shape index (κ2) is 8.10. The Balaban J connectivity index is 2.00. The van der Waals surface area contributed by atoms with Crippen molar-refractivity contribution in [2.45, 2.75) is 37.5 Å². The molecule has 2 aromatic rings. The van der Waals surface area contributed by atoms with Crippen LogP contribution in [-0.4, -0.2) is 29.9 Å². The second-order valence-electron chi connectivity index (χ2n) is 7.44. The molecule has 0 bridgehead atoms. The highest BCUT2D eigenvalue weighted by molar-refractivity contribution is 7.89. The maximum atomic E-state index is 12.4. The van der Waals surface area contributed by atoms with E-state index in [1.807, 2.05) is 13.8 Å². The summed E-state index contributed by atoms with van der Waals surface area (Å²) in [6.45, 7) is 7.55. The van der Waals surface area contributed by atoms with Crippen molar-refractivity contribution in [3.8, 4) is 0 Å². The number of sulfonamides is 2. The Hall–Kier alpha value is -1.74. The van der Waals surface area contributed by atoms with Crippen LogP contribution in [0.15, 0.2) is 58.3 Å². The van der Waals surface area contributed by atoms with Gasteiger partial charge in [-0.1, -0.05) is 49.2 Å². The van der Waals surface area contributed by atoms with Gasteiger partial charge in [0, 0.05) is 13.1 Å². The predicted octanol–water partition coefficient (Wildman–Crippen LogP) is 2.59. The highest BCUT2D eigenvalue weighted by Gasteiger charge is 2.25. The van der Waals surface area contributed by atoms with E-state index in [4.69, 9.17) is 0 Å². The molecule has 6 nitrogen and oxygen atoms in total. The van der Waals surface area contributed by atoms with E-state index >= 15 is 0 Å². The van der Waals surface area contributed by atoms with Crippen LogP contribution in [0.5, 0.6) is 0 Å². The van der Waals surface area contributed by atoms with Crippen LogP contribution in [-0.2, 0) is 20.0 Å². The van der Waals surface area contributed by atoms with Crippen molar-refractivity contribution in [2.75, 3.05) is 13.1 Å². The SMILES string of the molecule is Cc1ccc(S(=O)(=O)NCC(C)(C)CNS(=O)(=O)c2ccc(C)cc2)cc1. The molecule has 0 spiro atoms. The summed E-state index contributed by atoms with van der Waals surface area (Å²) >= 11 is 0. The molecule has 0 atom stereocenters. The van der Waals surface area contributed by atoms with Gasteiger partial charge in [-0.2, -0.15) is 0 Å². The normalized spacial score (nSPS) is 12.9. The lowest BCUT2D eigenvalue weighted by atomic mass is 9.95. The molecule has 0 fully saturated rings. The molecule has 0 aliphatic heterocycles. The van der Waals surface area contributed by atoms with E-state index in [9.17, 15) is 16.8 Å². The minimum absolute atomic E-state index is 0.0969. The minimum atomic E-state index is -3.65. The maximum Gasteiger partial charge on any atom is 0.240 e. The van der Waals surface area contributed by atoms with E-state index in [0.29, 0.717) is 0 Å². The zero-order chi connectivity index (χ0) is 20.3. The molecule has 0 saturated carbocycles. The zero-order valence-corrected chi connectivity index (χ0v) is 17.6. The zero-order valence-electron chi connectivity index (χ0n) is 16.0. The van der Waals surface area contributed by atoms with Gasteiger partial charge in [0.1, 0.15) is 0 Å². The number of nitrogens with one attached hydrogen (secondary N) is 2. The molecule has 8 heteroatoms. The smallest absolute Gasteiger partial charge is 0.211 e. The number of benzene rings is 2. The second-order valence-corrected chi connectivity index (χ2v) is 11.0. The molecule has 0 amide bonds. The summed E-state index contributed by atoms with van der Waals surface area (Å²) < 4.78 is 54.7. The van der Waals surface area contributed by atoms with E-state index in [2.05, 4.69) is 9.44 Å². The van der Waals surface area contributed by atoms with Crippen molar-refractivity contribution < 1.29 is 16.8 Å². The van der Waals surface area contributed by atoms with Crippen LogP contribution in [0.4, 0.5) is 0 Å². The summed E-state index contributed by atoms with van der Waals surface area (Å²) in [5.41, 5.74) is 1.33. The van der Waals surface area contributed by atoms with Gasteiger partial charge in [0.2, 0.25) is 20.0 Å². The predicted molar refractivity (Wildman–Crippen MR) is 107 cm³/mol. The van der Waals surface area contributed by atoms with Gasteiger partial charge in [-0.3, -0.25) is 0 Å². The summed E-state index contributed by atoms with van der Waals surface area (Å²) in [5, 5.41) is 0. The topological polar surface area (TPSA) is 92.3 Å². The van der Waals surface area contributed by atoms with Crippen LogP contribution >= 0.6 is 0 Å².